The summed E-state index contributed by atoms with van der Waals surface area (Å²) in [5, 5.41) is 19.7. The third-order valence-electron chi connectivity index (χ3n) is 1.83. The molecule has 0 radical (unpaired) electrons. The first-order chi connectivity index (χ1) is 6.81. The van der Waals surface area contributed by atoms with Crippen molar-refractivity contribution >= 4 is 11.3 Å². The van der Waals surface area contributed by atoms with Gasteiger partial charge in [-0.1, -0.05) is 18.3 Å². The summed E-state index contributed by atoms with van der Waals surface area (Å²) in [6.07, 6.45) is 2.47. The SMILES string of the molecule is CCC(N)c1nnc(-c2cn[nH]n2)s1. The zero-order valence-corrected chi connectivity index (χ0v) is 8.45. The average molecular weight is 210 g/mol. The fourth-order valence-corrected chi connectivity index (χ4v) is 1.85. The summed E-state index contributed by atoms with van der Waals surface area (Å²) in [6.45, 7) is 2.02. The van der Waals surface area contributed by atoms with E-state index in [1.54, 1.807) is 6.20 Å². The summed E-state index contributed by atoms with van der Waals surface area (Å²) in [5.74, 6) is 0. The molecule has 7 heteroatoms. The van der Waals surface area contributed by atoms with Gasteiger partial charge in [-0.3, -0.25) is 0 Å². The van der Waals surface area contributed by atoms with Crippen LogP contribution in [-0.4, -0.2) is 25.6 Å². The first-order valence-corrected chi connectivity index (χ1v) is 5.08. The summed E-state index contributed by atoms with van der Waals surface area (Å²) in [4.78, 5) is 0. The van der Waals surface area contributed by atoms with Gasteiger partial charge in [0, 0.05) is 0 Å². The Kier molecular flexibility index (Phi) is 2.51. The van der Waals surface area contributed by atoms with E-state index in [0.717, 1.165) is 16.4 Å². The largest absolute Gasteiger partial charge is 0.322 e. The Morgan fingerprint density at radius 3 is 3.07 bits per heavy atom. The maximum Gasteiger partial charge on any atom is 0.169 e. The van der Waals surface area contributed by atoms with Gasteiger partial charge in [-0.05, 0) is 6.42 Å². The predicted molar refractivity (Wildman–Crippen MR) is 52.5 cm³/mol. The molecular weight excluding hydrogens is 200 g/mol. The van der Waals surface area contributed by atoms with E-state index in [1.807, 2.05) is 6.92 Å². The van der Waals surface area contributed by atoms with Crippen LogP contribution >= 0.6 is 11.3 Å². The number of nitrogens with zero attached hydrogens (tertiary/aromatic N) is 4. The molecule has 0 spiro atoms. The topological polar surface area (TPSA) is 93.4 Å². The van der Waals surface area contributed by atoms with Crippen molar-refractivity contribution in [3.8, 4) is 10.7 Å². The van der Waals surface area contributed by atoms with Gasteiger partial charge in [0.15, 0.2) is 5.01 Å². The van der Waals surface area contributed by atoms with Gasteiger partial charge in [-0.15, -0.1) is 10.2 Å². The van der Waals surface area contributed by atoms with Crippen molar-refractivity contribution in [3.05, 3.63) is 11.2 Å². The summed E-state index contributed by atoms with van der Waals surface area (Å²) in [7, 11) is 0. The predicted octanol–water partition coefficient (Wildman–Crippen LogP) is 0.733. The second-order valence-electron chi connectivity index (χ2n) is 2.82. The van der Waals surface area contributed by atoms with Crippen LogP contribution in [0.3, 0.4) is 0 Å². The van der Waals surface area contributed by atoms with Gasteiger partial charge in [-0.2, -0.15) is 15.4 Å². The first-order valence-electron chi connectivity index (χ1n) is 4.26. The third kappa shape index (κ3) is 1.64. The van der Waals surface area contributed by atoms with Gasteiger partial charge in [0.05, 0.1) is 12.2 Å². The molecule has 0 aliphatic rings. The second kappa shape index (κ2) is 3.81. The van der Waals surface area contributed by atoms with Crippen molar-refractivity contribution in [2.45, 2.75) is 19.4 Å². The number of rotatable bonds is 3. The van der Waals surface area contributed by atoms with E-state index in [2.05, 4.69) is 25.6 Å². The molecule has 0 saturated heterocycles. The van der Waals surface area contributed by atoms with Gasteiger partial charge in [0.1, 0.15) is 10.7 Å². The van der Waals surface area contributed by atoms with Crippen LogP contribution in [-0.2, 0) is 0 Å². The van der Waals surface area contributed by atoms with Gasteiger partial charge in [-0.25, -0.2) is 0 Å². The average Bonchev–Trinajstić information content (AvgIpc) is 2.86. The minimum Gasteiger partial charge on any atom is -0.322 e. The van der Waals surface area contributed by atoms with E-state index < -0.39 is 0 Å². The molecule has 0 bridgehead atoms. The lowest BCUT2D eigenvalue weighted by Crippen LogP contribution is -2.07. The molecule has 14 heavy (non-hydrogen) atoms. The van der Waals surface area contributed by atoms with Crippen LogP contribution < -0.4 is 5.73 Å². The lowest BCUT2D eigenvalue weighted by Gasteiger charge is -2.00. The number of nitrogens with one attached hydrogen (secondary N) is 1. The summed E-state index contributed by atoms with van der Waals surface area (Å²) in [6, 6.07) is -0.0341. The zero-order valence-electron chi connectivity index (χ0n) is 7.64. The molecule has 0 aromatic carbocycles. The van der Waals surface area contributed by atoms with E-state index in [1.165, 1.54) is 11.3 Å². The number of hydrogen-bond donors (Lipinski definition) is 2. The molecule has 0 fully saturated rings. The molecule has 74 valence electrons. The number of aromatic amines is 1. The van der Waals surface area contributed by atoms with Crippen molar-refractivity contribution in [1.82, 2.24) is 25.6 Å². The standard InChI is InChI=1S/C7H10N6S/c1-2-4(8)6-11-12-7(14-6)5-3-9-13-10-5/h3-4H,2,8H2,1H3,(H,9,10,13). The maximum atomic E-state index is 5.83. The molecule has 2 aromatic heterocycles. The van der Waals surface area contributed by atoms with Gasteiger partial charge in [0.2, 0.25) is 0 Å². The Balaban J connectivity index is 2.26. The van der Waals surface area contributed by atoms with Crippen LogP contribution in [0, 0.1) is 0 Å². The van der Waals surface area contributed by atoms with Crippen molar-refractivity contribution in [2.24, 2.45) is 5.73 Å². The normalized spacial score (nSPS) is 13.0. The Hall–Kier alpha value is -1.34. The zero-order chi connectivity index (χ0) is 9.97. The van der Waals surface area contributed by atoms with E-state index in [4.69, 9.17) is 5.73 Å². The summed E-state index contributed by atoms with van der Waals surface area (Å²) in [5.41, 5.74) is 6.53. The van der Waals surface area contributed by atoms with Crippen molar-refractivity contribution in [1.29, 1.82) is 0 Å². The number of nitrogens with two attached hydrogens (primary N) is 1. The van der Waals surface area contributed by atoms with Gasteiger partial charge in [0.25, 0.3) is 0 Å². The van der Waals surface area contributed by atoms with E-state index >= 15 is 0 Å². The highest BCUT2D eigenvalue weighted by atomic mass is 32.1. The number of H-pyrrole nitrogens is 1. The minimum atomic E-state index is -0.0341. The van der Waals surface area contributed by atoms with Crippen LogP contribution in [0.5, 0.6) is 0 Å². The monoisotopic (exact) mass is 210 g/mol. The van der Waals surface area contributed by atoms with Crippen LogP contribution in [0.15, 0.2) is 6.20 Å². The second-order valence-corrected chi connectivity index (χ2v) is 3.82. The van der Waals surface area contributed by atoms with Gasteiger partial charge < -0.3 is 5.73 Å². The molecule has 2 rings (SSSR count). The number of hydrogen-bond acceptors (Lipinski definition) is 6. The quantitative estimate of drug-likeness (QED) is 0.779. The summed E-state index contributed by atoms with van der Waals surface area (Å²) >= 11 is 1.45. The Morgan fingerprint density at radius 1 is 1.57 bits per heavy atom. The van der Waals surface area contributed by atoms with Crippen LogP contribution in [0.2, 0.25) is 0 Å². The Bertz CT molecular complexity index is 394. The minimum absolute atomic E-state index is 0.0341. The fourth-order valence-electron chi connectivity index (χ4n) is 0.967. The van der Waals surface area contributed by atoms with E-state index in [9.17, 15) is 0 Å². The summed E-state index contributed by atoms with van der Waals surface area (Å²) < 4.78 is 0. The molecule has 0 aliphatic carbocycles. The van der Waals surface area contributed by atoms with E-state index in [-0.39, 0.29) is 6.04 Å². The Morgan fingerprint density at radius 2 is 2.43 bits per heavy atom. The smallest absolute Gasteiger partial charge is 0.169 e. The van der Waals surface area contributed by atoms with E-state index in [0.29, 0.717) is 5.69 Å². The third-order valence-corrected chi connectivity index (χ3v) is 2.91. The molecule has 1 unspecified atom stereocenters. The van der Waals surface area contributed by atoms with Crippen molar-refractivity contribution in [3.63, 3.8) is 0 Å². The van der Waals surface area contributed by atoms with Crippen LogP contribution in [0.25, 0.3) is 10.7 Å². The lowest BCUT2D eigenvalue weighted by molar-refractivity contribution is 0.683. The highest BCUT2D eigenvalue weighted by molar-refractivity contribution is 7.14. The molecular formula is C7H10N6S. The maximum absolute atomic E-state index is 5.83. The molecule has 0 amide bonds. The fraction of sp³-hybridized carbons (Fsp3) is 0.429. The molecule has 6 nitrogen and oxygen atoms in total. The van der Waals surface area contributed by atoms with Crippen LogP contribution in [0.1, 0.15) is 24.4 Å². The molecule has 0 aliphatic heterocycles. The molecule has 3 N–H and O–H groups in total. The number of aromatic nitrogens is 5. The lowest BCUT2D eigenvalue weighted by atomic mass is 10.3. The van der Waals surface area contributed by atoms with Crippen molar-refractivity contribution in [2.75, 3.05) is 0 Å². The highest BCUT2D eigenvalue weighted by Crippen LogP contribution is 2.24. The van der Waals surface area contributed by atoms with Crippen LogP contribution in [0.4, 0.5) is 0 Å². The molecule has 1 atom stereocenters. The molecule has 0 saturated carbocycles. The first kappa shape index (κ1) is 9.22. The molecule has 2 heterocycles. The Labute approximate surface area is 84.6 Å². The highest BCUT2D eigenvalue weighted by Gasteiger charge is 2.12. The molecule has 2 aromatic rings. The van der Waals surface area contributed by atoms with Crippen molar-refractivity contribution < 1.29 is 0 Å². The van der Waals surface area contributed by atoms with Gasteiger partial charge >= 0.3 is 0 Å².